The number of halogens is 1. The Morgan fingerprint density at radius 1 is 1.38 bits per heavy atom. The number of aryl methyl sites for hydroxylation is 2. The van der Waals surface area contributed by atoms with Crippen LogP contribution in [0.1, 0.15) is 44.6 Å². The highest BCUT2D eigenvalue weighted by Crippen LogP contribution is 2.21. The number of aliphatic imine (C=N–C) groups is 1. The smallest absolute Gasteiger partial charge is 0.191 e. The number of rotatable bonds is 7. The van der Waals surface area contributed by atoms with E-state index in [1.54, 1.807) is 0 Å². The molecule has 1 unspecified atom stereocenters. The van der Waals surface area contributed by atoms with Crippen molar-refractivity contribution in [2.24, 2.45) is 12.0 Å². The molecule has 1 heterocycles. The summed E-state index contributed by atoms with van der Waals surface area (Å²) in [5.41, 5.74) is 3.68. The Kier molecular flexibility index (Phi) is 10.3. The predicted molar refractivity (Wildman–Crippen MR) is 118 cm³/mol. The molecular formula is C17H34IN5S. The molecule has 0 spiro atoms. The SMILES string of the molecule is CCNC(=NCC(C)(C)SC)NC(C)Cc1c(C)nn(C)c1C.I. The molecule has 1 atom stereocenters. The molecule has 1 rings (SSSR count). The molecule has 0 radical (unpaired) electrons. The van der Waals surface area contributed by atoms with E-state index in [1.165, 1.54) is 11.3 Å². The Balaban J connectivity index is 0.00000529. The fourth-order valence-electron chi connectivity index (χ4n) is 2.36. The Morgan fingerprint density at radius 3 is 2.46 bits per heavy atom. The Hall–Kier alpha value is -0.440. The van der Waals surface area contributed by atoms with Crippen LogP contribution < -0.4 is 10.6 Å². The summed E-state index contributed by atoms with van der Waals surface area (Å²) in [4.78, 5) is 4.74. The van der Waals surface area contributed by atoms with Crippen LogP contribution >= 0.6 is 35.7 Å². The quantitative estimate of drug-likeness (QED) is 0.367. The maximum Gasteiger partial charge on any atom is 0.191 e. The zero-order valence-corrected chi connectivity index (χ0v) is 19.5. The minimum absolute atomic E-state index is 0. The monoisotopic (exact) mass is 467 g/mol. The van der Waals surface area contributed by atoms with Crippen molar-refractivity contribution in [2.75, 3.05) is 19.3 Å². The lowest BCUT2D eigenvalue weighted by atomic mass is 10.1. The molecule has 0 aliphatic rings. The van der Waals surface area contributed by atoms with Crippen LogP contribution in [0.15, 0.2) is 4.99 Å². The predicted octanol–water partition coefficient (Wildman–Crippen LogP) is 3.28. The van der Waals surface area contributed by atoms with E-state index in [2.05, 4.69) is 63.5 Å². The lowest BCUT2D eigenvalue weighted by Crippen LogP contribution is -2.43. The normalized spacial score (nSPS) is 13.4. The first-order chi connectivity index (χ1) is 10.7. The number of thioether (sulfide) groups is 1. The van der Waals surface area contributed by atoms with Crippen molar-refractivity contribution in [3.63, 3.8) is 0 Å². The molecule has 1 aromatic heterocycles. The van der Waals surface area contributed by atoms with Crippen molar-refractivity contribution in [1.29, 1.82) is 0 Å². The highest BCUT2D eigenvalue weighted by Gasteiger charge is 2.17. The molecule has 0 aromatic carbocycles. The van der Waals surface area contributed by atoms with E-state index in [1.807, 2.05) is 23.5 Å². The average molecular weight is 467 g/mol. The van der Waals surface area contributed by atoms with Crippen LogP contribution in [0.25, 0.3) is 0 Å². The first-order valence-electron chi connectivity index (χ1n) is 8.29. The van der Waals surface area contributed by atoms with Gasteiger partial charge in [-0.25, -0.2) is 0 Å². The first kappa shape index (κ1) is 23.6. The third kappa shape index (κ3) is 7.21. The summed E-state index contributed by atoms with van der Waals surface area (Å²) in [6.45, 7) is 14.6. The zero-order chi connectivity index (χ0) is 17.6. The van der Waals surface area contributed by atoms with Crippen molar-refractivity contribution in [2.45, 2.75) is 58.8 Å². The molecule has 140 valence electrons. The van der Waals surface area contributed by atoms with E-state index in [4.69, 9.17) is 4.99 Å². The van der Waals surface area contributed by atoms with E-state index >= 15 is 0 Å². The maximum atomic E-state index is 4.74. The summed E-state index contributed by atoms with van der Waals surface area (Å²) in [5.74, 6) is 0.890. The number of guanidine groups is 1. The molecule has 0 saturated heterocycles. The van der Waals surface area contributed by atoms with Gasteiger partial charge in [0.15, 0.2) is 5.96 Å². The minimum Gasteiger partial charge on any atom is -0.357 e. The number of nitrogens with one attached hydrogen (secondary N) is 2. The summed E-state index contributed by atoms with van der Waals surface area (Å²) < 4.78 is 2.11. The van der Waals surface area contributed by atoms with Crippen LogP contribution in [-0.2, 0) is 13.5 Å². The Bertz CT molecular complexity index is 539. The van der Waals surface area contributed by atoms with Crippen LogP contribution in [0.5, 0.6) is 0 Å². The molecule has 0 amide bonds. The summed E-state index contributed by atoms with van der Waals surface area (Å²) >= 11 is 1.84. The fourth-order valence-corrected chi connectivity index (χ4v) is 2.55. The van der Waals surface area contributed by atoms with Crippen molar-refractivity contribution in [3.05, 3.63) is 17.0 Å². The Morgan fingerprint density at radius 2 is 2.00 bits per heavy atom. The van der Waals surface area contributed by atoms with E-state index in [9.17, 15) is 0 Å². The molecule has 7 heteroatoms. The molecule has 0 aliphatic carbocycles. The molecule has 0 bridgehead atoms. The summed E-state index contributed by atoms with van der Waals surface area (Å²) in [5, 5.41) is 11.4. The second-order valence-electron chi connectivity index (χ2n) is 6.68. The van der Waals surface area contributed by atoms with Gasteiger partial charge in [-0.15, -0.1) is 24.0 Å². The van der Waals surface area contributed by atoms with Gasteiger partial charge in [0.1, 0.15) is 0 Å². The summed E-state index contributed by atoms with van der Waals surface area (Å²) in [6.07, 6.45) is 3.08. The topological polar surface area (TPSA) is 54.2 Å². The lowest BCUT2D eigenvalue weighted by Gasteiger charge is -2.22. The zero-order valence-electron chi connectivity index (χ0n) is 16.4. The number of nitrogens with zero attached hydrogens (tertiary/aromatic N) is 3. The van der Waals surface area contributed by atoms with Crippen molar-refractivity contribution in [1.82, 2.24) is 20.4 Å². The van der Waals surface area contributed by atoms with Crippen LogP contribution in [0.4, 0.5) is 0 Å². The largest absolute Gasteiger partial charge is 0.357 e. The molecule has 0 saturated carbocycles. The highest BCUT2D eigenvalue weighted by molar-refractivity contribution is 14.0. The van der Waals surface area contributed by atoms with E-state index in [-0.39, 0.29) is 28.7 Å². The van der Waals surface area contributed by atoms with E-state index in [0.29, 0.717) is 6.04 Å². The van der Waals surface area contributed by atoms with Gasteiger partial charge in [0.05, 0.1) is 12.2 Å². The molecule has 1 aromatic rings. The molecule has 5 nitrogen and oxygen atoms in total. The third-order valence-electron chi connectivity index (χ3n) is 4.07. The maximum absolute atomic E-state index is 4.74. The van der Waals surface area contributed by atoms with Crippen molar-refractivity contribution < 1.29 is 0 Å². The van der Waals surface area contributed by atoms with Crippen molar-refractivity contribution in [3.8, 4) is 0 Å². The first-order valence-corrected chi connectivity index (χ1v) is 9.51. The van der Waals surface area contributed by atoms with Gasteiger partial charge in [0.2, 0.25) is 0 Å². The number of hydrogen-bond donors (Lipinski definition) is 2. The number of hydrogen-bond acceptors (Lipinski definition) is 3. The van der Waals surface area contributed by atoms with Gasteiger partial charge in [-0.1, -0.05) is 0 Å². The molecule has 0 fully saturated rings. The van der Waals surface area contributed by atoms with Crippen LogP contribution in [0.3, 0.4) is 0 Å². The van der Waals surface area contributed by atoms with Gasteiger partial charge in [-0.3, -0.25) is 9.67 Å². The van der Waals surface area contributed by atoms with Gasteiger partial charge < -0.3 is 10.6 Å². The molecular weight excluding hydrogens is 433 g/mol. The van der Waals surface area contributed by atoms with Gasteiger partial charge in [0, 0.05) is 30.1 Å². The van der Waals surface area contributed by atoms with E-state index < -0.39 is 0 Å². The number of aromatic nitrogens is 2. The van der Waals surface area contributed by atoms with Gasteiger partial charge in [0.25, 0.3) is 0 Å². The van der Waals surface area contributed by atoms with Crippen LogP contribution in [0, 0.1) is 13.8 Å². The molecule has 24 heavy (non-hydrogen) atoms. The van der Waals surface area contributed by atoms with Crippen molar-refractivity contribution >= 4 is 41.7 Å². The fraction of sp³-hybridized carbons (Fsp3) is 0.765. The highest BCUT2D eigenvalue weighted by atomic mass is 127. The Labute approximate surface area is 168 Å². The van der Waals surface area contributed by atoms with Gasteiger partial charge >= 0.3 is 0 Å². The van der Waals surface area contributed by atoms with E-state index in [0.717, 1.165) is 31.2 Å². The minimum atomic E-state index is 0. The van der Waals surface area contributed by atoms with Crippen LogP contribution in [-0.4, -0.2) is 45.9 Å². The lowest BCUT2D eigenvalue weighted by molar-refractivity contribution is 0.630. The van der Waals surface area contributed by atoms with Gasteiger partial charge in [-0.2, -0.15) is 16.9 Å². The van der Waals surface area contributed by atoms with Crippen LogP contribution in [0.2, 0.25) is 0 Å². The second kappa shape index (κ2) is 10.5. The summed E-state index contributed by atoms with van der Waals surface area (Å²) in [7, 11) is 2.00. The summed E-state index contributed by atoms with van der Waals surface area (Å²) in [6, 6.07) is 0.298. The average Bonchev–Trinajstić information content (AvgIpc) is 2.71. The third-order valence-corrected chi connectivity index (χ3v) is 5.30. The van der Waals surface area contributed by atoms with Gasteiger partial charge in [-0.05, 0) is 59.8 Å². The standard InChI is InChI=1S/C17H33N5S.HI/c1-9-18-16(19-11-17(5,6)23-8)20-12(2)10-15-13(3)21-22(7)14(15)4;/h12H,9-11H2,1-8H3,(H2,18,19,20);1H. The second-order valence-corrected chi connectivity index (χ2v) is 8.19. The molecule has 0 aliphatic heterocycles. The molecule has 2 N–H and O–H groups in total.